The lowest BCUT2D eigenvalue weighted by atomic mass is 10.1. The van der Waals surface area contributed by atoms with Crippen LogP contribution in [0.5, 0.6) is 0 Å². The standard InChI is InChI=1S/C15H20N2OS/c1-12(8-10-19-2)17-15(18)14-7-3-5-13(11-14)6-4-9-16/h3,5,7,11-12H,8-10,16H2,1-2H3,(H,17,18). The van der Waals surface area contributed by atoms with Crippen molar-refractivity contribution >= 4 is 17.7 Å². The molecule has 3 nitrogen and oxygen atoms in total. The molecule has 0 bridgehead atoms. The Balaban J connectivity index is 2.66. The van der Waals surface area contributed by atoms with Gasteiger partial charge in [0.15, 0.2) is 0 Å². The molecule has 1 unspecified atom stereocenters. The zero-order valence-electron chi connectivity index (χ0n) is 11.4. The smallest absolute Gasteiger partial charge is 0.251 e. The largest absolute Gasteiger partial charge is 0.350 e. The Morgan fingerprint density at radius 2 is 2.32 bits per heavy atom. The Morgan fingerprint density at radius 3 is 3.00 bits per heavy atom. The maximum atomic E-state index is 12.1. The fraction of sp³-hybridized carbons (Fsp3) is 0.400. The van der Waals surface area contributed by atoms with Gasteiger partial charge in [-0.05, 0) is 43.6 Å². The van der Waals surface area contributed by atoms with Gasteiger partial charge < -0.3 is 11.1 Å². The van der Waals surface area contributed by atoms with Gasteiger partial charge in [-0.3, -0.25) is 4.79 Å². The number of carbonyl (C=O) groups is 1. The van der Waals surface area contributed by atoms with Crippen molar-refractivity contribution in [2.24, 2.45) is 5.73 Å². The molecule has 0 aromatic heterocycles. The van der Waals surface area contributed by atoms with E-state index in [0.29, 0.717) is 12.1 Å². The number of hydrogen-bond donors (Lipinski definition) is 2. The van der Waals surface area contributed by atoms with E-state index in [2.05, 4.69) is 23.4 Å². The number of rotatable bonds is 5. The third-order valence-electron chi connectivity index (χ3n) is 2.59. The van der Waals surface area contributed by atoms with E-state index in [1.807, 2.05) is 19.1 Å². The fourth-order valence-corrected chi connectivity index (χ4v) is 2.15. The summed E-state index contributed by atoms with van der Waals surface area (Å²) in [5.74, 6) is 6.71. The van der Waals surface area contributed by atoms with E-state index in [-0.39, 0.29) is 11.9 Å². The Bertz CT molecular complexity index is 477. The highest BCUT2D eigenvalue weighted by molar-refractivity contribution is 7.98. The predicted molar refractivity (Wildman–Crippen MR) is 82.3 cm³/mol. The molecule has 0 spiro atoms. The number of carbonyl (C=O) groups excluding carboxylic acids is 1. The summed E-state index contributed by atoms with van der Waals surface area (Å²) < 4.78 is 0. The number of nitrogens with two attached hydrogens (primary N) is 1. The first-order valence-electron chi connectivity index (χ1n) is 6.26. The van der Waals surface area contributed by atoms with Crippen LogP contribution in [0.2, 0.25) is 0 Å². The van der Waals surface area contributed by atoms with Crippen molar-refractivity contribution in [2.45, 2.75) is 19.4 Å². The van der Waals surface area contributed by atoms with Gasteiger partial charge in [0, 0.05) is 17.2 Å². The third kappa shape index (κ3) is 5.82. The molecule has 0 aliphatic heterocycles. The van der Waals surface area contributed by atoms with Crippen LogP contribution >= 0.6 is 11.8 Å². The molecular formula is C15H20N2OS. The van der Waals surface area contributed by atoms with Crippen LogP contribution in [0.15, 0.2) is 24.3 Å². The van der Waals surface area contributed by atoms with Crippen LogP contribution in [0.3, 0.4) is 0 Å². The van der Waals surface area contributed by atoms with E-state index >= 15 is 0 Å². The molecule has 1 atom stereocenters. The van der Waals surface area contributed by atoms with Crippen molar-refractivity contribution in [3.05, 3.63) is 35.4 Å². The third-order valence-corrected chi connectivity index (χ3v) is 3.24. The molecule has 3 N–H and O–H groups in total. The number of amides is 1. The molecule has 0 heterocycles. The first-order valence-corrected chi connectivity index (χ1v) is 7.65. The summed E-state index contributed by atoms with van der Waals surface area (Å²) in [7, 11) is 0. The number of benzene rings is 1. The summed E-state index contributed by atoms with van der Waals surface area (Å²) in [4.78, 5) is 12.1. The van der Waals surface area contributed by atoms with Crippen LogP contribution in [-0.4, -0.2) is 30.5 Å². The van der Waals surface area contributed by atoms with Gasteiger partial charge >= 0.3 is 0 Å². The summed E-state index contributed by atoms with van der Waals surface area (Å²) in [5.41, 5.74) is 6.79. The average Bonchev–Trinajstić information content (AvgIpc) is 2.43. The Morgan fingerprint density at radius 1 is 1.53 bits per heavy atom. The van der Waals surface area contributed by atoms with E-state index in [1.165, 1.54) is 0 Å². The normalized spacial score (nSPS) is 11.3. The molecule has 19 heavy (non-hydrogen) atoms. The average molecular weight is 276 g/mol. The molecule has 1 rings (SSSR count). The van der Waals surface area contributed by atoms with Crippen LogP contribution in [0.25, 0.3) is 0 Å². The van der Waals surface area contributed by atoms with Crippen molar-refractivity contribution in [3.8, 4) is 11.8 Å². The maximum Gasteiger partial charge on any atom is 0.251 e. The van der Waals surface area contributed by atoms with Crippen molar-refractivity contribution in [1.29, 1.82) is 0 Å². The molecule has 0 fully saturated rings. The quantitative estimate of drug-likeness (QED) is 0.807. The van der Waals surface area contributed by atoms with Gasteiger partial charge in [0.25, 0.3) is 5.91 Å². The molecule has 0 saturated carbocycles. The van der Waals surface area contributed by atoms with Crippen molar-refractivity contribution in [2.75, 3.05) is 18.6 Å². The second-order valence-corrected chi connectivity index (χ2v) is 5.23. The summed E-state index contributed by atoms with van der Waals surface area (Å²) in [6.45, 7) is 2.34. The minimum Gasteiger partial charge on any atom is -0.350 e. The highest BCUT2D eigenvalue weighted by Crippen LogP contribution is 2.06. The van der Waals surface area contributed by atoms with Gasteiger partial charge in [-0.1, -0.05) is 17.9 Å². The molecule has 0 saturated heterocycles. The Hall–Kier alpha value is -1.44. The van der Waals surface area contributed by atoms with Gasteiger partial charge in [0.1, 0.15) is 0 Å². The second-order valence-electron chi connectivity index (χ2n) is 4.24. The van der Waals surface area contributed by atoms with E-state index in [0.717, 1.165) is 17.7 Å². The lowest BCUT2D eigenvalue weighted by Crippen LogP contribution is -2.32. The van der Waals surface area contributed by atoms with E-state index in [1.54, 1.807) is 23.9 Å². The maximum absolute atomic E-state index is 12.1. The summed E-state index contributed by atoms with van der Waals surface area (Å²) >= 11 is 1.78. The summed E-state index contributed by atoms with van der Waals surface area (Å²) in [5, 5.41) is 2.99. The number of thioether (sulfide) groups is 1. The molecule has 0 aliphatic rings. The lowest BCUT2D eigenvalue weighted by Gasteiger charge is -2.13. The van der Waals surface area contributed by atoms with Crippen molar-refractivity contribution in [1.82, 2.24) is 5.32 Å². The minimum absolute atomic E-state index is 0.0509. The number of hydrogen-bond acceptors (Lipinski definition) is 3. The van der Waals surface area contributed by atoms with Crippen LogP contribution in [0, 0.1) is 11.8 Å². The molecule has 0 aliphatic carbocycles. The van der Waals surface area contributed by atoms with Gasteiger partial charge in [0.2, 0.25) is 0 Å². The van der Waals surface area contributed by atoms with E-state index < -0.39 is 0 Å². The molecule has 102 valence electrons. The zero-order chi connectivity index (χ0) is 14.1. The number of nitrogens with one attached hydrogen (secondary N) is 1. The summed E-state index contributed by atoms with van der Waals surface area (Å²) in [6, 6.07) is 7.47. The Kier molecular flexibility index (Phi) is 7.09. The van der Waals surface area contributed by atoms with E-state index in [4.69, 9.17) is 5.73 Å². The van der Waals surface area contributed by atoms with E-state index in [9.17, 15) is 4.79 Å². The Labute approximate surface area is 119 Å². The zero-order valence-corrected chi connectivity index (χ0v) is 12.2. The lowest BCUT2D eigenvalue weighted by molar-refractivity contribution is 0.0939. The van der Waals surface area contributed by atoms with Gasteiger partial charge in [0.05, 0.1) is 6.54 Å². The monoisotopic (exact) mass is 276 g/mol. The second kappa shape index (κ2) is 8.63. The molecule has 1 aromatic rings. The topological polar surface area (TPSA) is 55.1 Å². The molecule has 1 amide bonds. The fourth-order valence-electron chi connectivity index (χ4n) is 1.57. The van der Waals surface area contributed by atoms with Crippen LogP contribution < -0.4 is 11.1 Å². The molecule has 1 aromatic carbocycles. The molecule has 4 heteroatoms. The van der Waals surface area contributed by atoms with Crippen LogP contribution in [0.4, 0.5) is 0 Å². The molecule has 0 radical (unpaired) electrons. The van der Waals surface area contributed by atoms with Crippen LogP contribution in [0.1, 0.15) is 29.3 Å². The first-order chi connectivity index (χ1) is 9.17. The molecular weight excluding hydrogens is 256 g/mol. The highest BCUT2D eigenvalue weighted by Gasteiger charge is 2.09. The highest BCUT2D eigenvalue weighted by atomic mass is 32.2. The predicted octanol–water partition coefficient (Wildman–Crippen LogP) is 1.87. The van der Waals surface area contributed by atoms with Gasteiger partial charge in [-0.15, -0.1) is 0 Å². The van der Waals surface area contributed by atoms with Crippen molar-refractivity contribution in [3.63, 3.8) is 0 Å². The van der Waals surface area contributed by atoms with Gasteiger partial charge in [-0.25, -0.2) is 0 Å². The first kappa shape index (κ1) is 15.6. The van der Waals surface area contributed by atoms with Crippen LogP contribution in [-0.2, 0) is 0 Å². The van der Waals surface area contributed by atoms with Crippen molar-refractivity contribution < 1.29 is 4.79 Å². The summed E-state index contributed by atoms with van der Waals surface area (Å²) in [6.07, 6.45) is 3.04. The minimum atomic E-state index is -0.0509. The van der Waals surface area contributed by atoms with Gasteiger partial charge in [-0.2, -0.15) is 11.8 Å². The SMILES string of the molecule is CSCCC(C)NC(=O)c1cccc(C#CCN)c1.